The molecule has 0 radical (unpaired) electrons. The Kier molecular flexibility index (Phi) is 7.03. The fourth-order valence-electron chi connectivity index (χ4n) is 4.44. The number of hydrogen-bond donors (Lipinski definition) is 2. The number of fused-ring (bicyclic) bond motifs is 1. The van der Waals surface area contributed by atoms with Gasteiger partial charge in [-0.15, -0.1) is 0 Å². The van der Waals surface area contributed by atoms with Crippen LogP contribution < -0.4 is 5.32 Å². The maximum atomic E-state index is 13.1. The van der Waals surface area contributed by atoms with E-state index in [9.17, 15) is 14.0 Å². The van der Waals surface area contributed by atoms with Gasteiger partial charge in [0.15, 0.2) is 5.78 Å². The third-order valence-electron chi connectivity index (χ3n) is 6.14. The van der Waals surface area contributed by atoms with Gasteiger partial charge in [-0.3, -0.25) is 15.0 Å². The number of amides is 1. The first-order valence-electron chi connectivity index (χ1n) is 11.8. The van der Waals surface area contributed by atoms with Crippen LogP contribution in [0.4, 0.5) is 14.9 Å². The lowest BCUT2D eigenvalue weighted by molar-refractivity contribution is 0.0635. The number of nitrogens with one attached hydrogen (secondary N) is 2. The van der Waals surface area contributed by atoms with Crippen LogP contribution in [0.1, 0.15) is 49.5 Å². The summed E-state index contributed by atoms with van der Waals surface area (Å²) in [6, 6.07) is 12.2. The van der Waals surface area contributed by atoms with E-state index in [-0.39, 0.29) is 11.6 Å². The van der Waals surface area contributed by atoms with Crippen LogP contribution in [0.2, 0.25) is 0 Å². The smallest absolute Gasteiger partial charge is 0.412 e. The van der Waals surface area contributed by atoms with E-state index in [0.29, 0.717) is 23.7 Å². The zero-order valence-corrected chi connectivity index (χ0v) is 20.0. The molecule has 1 aliphatic rings. The van der Waals surface area contributed by atoms with E-state index in [0.717, 1.165) is 48.8 Å². The number of benzene rings is 2. The minimum Gasteiger partial charge on any atom is -0.444 e. The largest absolute Gasteiger partial charge is 0.444 e. The van der Waals surface area contributed by atoms with E-state index in [2.05, 4.69) is 15.2 Å². The second-order valence-corrected chi connectivity index (χ2v) is 10.1. The molecule has 6 nitrogen and oxygen atoms in total. The summed E-state index contributed by atoms with van der Waals surface area (Å²) in [5.74, 6) is 0.395. The van der Waals surface area contributed by atoms with E-state index in [1.54, 1.807) is 18.3 Å². The van der Waals surface area contributed by atoms with Gasteiger partial charge in [0.25, 0.3) is 0 Å². The number of anilines is 1. The molecule has 7 heteroatoms. The lowest BCUT2D eigenvalue weighted by atomic mass is 9.90. The van der Waals surface area contributed by atoms with Gasteiger partial charge >= 0.3 is 6.09 Å². The molecule has 1 saturated heterocycles. The number of aromatic nitrogens is 1. The number of carbonyl (C=O) groups is 2. The third kappa shape index (κ3) is 6.23. The number of aromatic amines is 1. The molecule has 1 amide bonds. The Morgan fingerprint density at radius 2 is 1.82 bits per heavy atom. The molecule has 2 heterocycles. The van der Waals surface area contributed by atoms with E-state index < -0.39 is 11.7 Å². The van der Waals surface area contributed by atoms with E-state index in [1.165, 1.54) is 12.1 Å². The zero-order chi connectivity index (χ0) is 24.3. The van der Waals surface area contributed by atoms with Crippen molar-refractivity contribution < 1.29 is 18.7 Å². The van der Waals surface area contributed by atoms with Crippen molar-refractivity contribution in [3.05, 3.63) is 65.6 Å². The standard InChI is InChI=1S/C27H32FN3O3/c1-27(2,3)34-26(33)30-21-8-9-24-22(15-21)23(16-29-24)25(32)17-31-12-10-19(11-13-31)14-18-4-6-20(28)7-5-18/h4-9,15-16,19,29H,10-14,17H2,1-3H3,(H,30,33). The van der Waals surface area contributed by atoms with Gasteiger partial charge in [-0.25, -0.2) is 9.18 Å². The topological polar surface area (TPSA) is 74.4 Å². The molecule has 2 N–H and O–H groups in total. The Morgan fingerprint density at radius 3 is 2.50 bits per heavy atom. The van der Waals surface area contributed by atoms with Crippen LogP contribution >= 0.6 is 0 Å². The summed E-state index contributed by atoms with van der Waals surface area (Å²) in [6.07, 6.45) is 4.19. The van der Waals surface area contributed by atoms with Crippen LogP contribution in [0.25, 0.3) is 10.9 Å². The number of carbonyl (C=O) groups excluding carboxylic acids is 2. The minimum absolute atomic E-state index is 0.0534. The van der Waals surface area contributed by atoms with Gasteiger partial charge in [0.05, 0.1) is 6.54 Å². The lowest BCUT2D eigenvalue weighted by Gasteiger charge is -2.31. The molecule has 180 valence electrons. The highest BCUT2D eigenvalue weighted by Crippen LogP contribution is 2.25. The Hall–Kier alpha value is -3.19. The van der Waals surface area contributed by atoms with Crippen LogP contribution in [-0.2, 0) is 11.2 Å². The second kappa shape index (κ2) is 9.97. The number of ether oxygens (including phenoxy) is 1. The van der Waals surface area contributed by atoms with Crippen molar-refractivity contribution in [3.8, 4) is 0 Å². The molecule has 0 aliphatic carbocycles. The van der Waals surface area contributed by atoms with Crippen LogP contribution in [0.3, 0.4) is 0 Å². The molecule has 3 aromatic rings. The number of nitrogens with zero attached hydrogens (tertiary/aromatic N) is 1. The molecule has 2 aromatic carbocycles. The molecule has 0 spiro atoms. The Morgan fingerprint density at radius 1 is 1.12 bits per heavy atom. The average molecular weight is 466 g/mol. The highest BCUT2D eigenvalue weighted by atomic mass is 19.1. The predicted octanol–water partition coefficient (Wildman–Crippen LogP) is 5.79. The molecule has 1 fully saturated rings. The molecule has 0 atom stereocenters. The van der Waals surface area contributed by atoms with Gasteiger partial charge in [0.2, 0.25) is 0 Å². The molecule has 1 aromatic heterocycles. The Labute approximate surface area is 199 Å². The quantitative estimate of drug-likeness (QED) is 0.452. The number of likely N-dealkylation sites (tertiary alicyclic amines) is 1. The van der Waals surface area contributed by atoms with Gasteiger partial charge in [-0.2, -0.15) is 0 Å². The minimum atomic E-state index is -0.587. The van der Waals surface area contributed by atoms with Crippen LogP contribution in [0, 0.1) is 11.7 Å². The van der Waals surface area contributed by atoms with Gasteiger partial charge in [-0.1, -0.05) is 12.1 Å². The lowest BCUT2D eigenvalue weighted by Crippen LogP contribution is -2.37. The fraction of sp³-hybridized carbons (Fsp3) is 0.407. The second-order valence-electron chi connectivity index (χ2n) is 10.1. The maximum Gasteiger partial charge on any atom is 0.412 e. The zero-order valence-electron chi connectivity index (χ0n) is 20.0. The summed E-state index contributed by atoms with van der Waals surface area (Å²) < 4.78 is 18.4. The van der Waals surface area contributed by atoms with Crippen molar-refractivity contribution >= 4 is 28.5 Å². The first-order chi connectivity index (χ1) is 16.2. The van der Waals surface area contributed by atoms with E-state index >= 15 is 0 Å². The average Bonchev–Trinajstić information content (AvgIpc) is 3.19. The first kappa shape index (κ1) is 24.0. The van der Waals surface area contributed by atoms with Crippen LogP contribution in [-0.4, -0.2) is 47.0 Å². The fourth-order valence-corrected chi connectivity index (χ4v) is 4.44. The van der Waals surface area contributed by atoms with Gasteiger partial charge < -0.3 is 9.72 Å². The summed E-state index contributed by atoms with van der Waals surface area (Å²) in [5.41, 5.74) is 2.62. The van der Waals surface area contributed by atoms with Gasteiger partial charge in [0.1, 0.15) is 11.4 Å². The van der Waals surface area contributed by atoms with Crippen molar-refractivity contribution in [3.63, 3.8) is 0 Å². The molecular formula is C27H32FN3O3. The van der Waals surface area contributed by atoms with Gasteiger partial charge in [0, 0.05) is 28.4 Å². The van der Waals surface area contributed by atoms with Crippen molar-refractivity contribution in [2.24, 2.45) is 5.92 Å². The number of rotatable bonds is 6. The van der Waals surface area contributed by atoms with Crippen molar-refractivity contribution in [2.75, 3.05) is 25.0 Å². The molecular weight excluding hydrogens is 433 g/mol. The predicted molar refractivity (Wildman–Crippen MR) is 132 cm³/mol. The first-order valence-corrected chi connectivity index (χ1v) is 11.8. The molecule has 4 rings (SSSR count). The van der Waals surface area contributed by atoms with Crippen LogP contribution in [0.15, 0.2) is 48.7 Å². The highest BCUT2D eigenvalue weighted by Gasteiger charge is 2.23. The summed E-state index contributed by atoms with van der Waals surface area (Å²) in [6.45, 7) is 7.52. The summed E-state index contributed by atoms with van der Waals surface area (Å²) in [5, 5.41) is 3.52. The number of hydrogen-bond acceptors (Lipinski definition) is 4. The van der Waals surface area contributed by atoms with Crippen molar-refractivity contribution in [2.45, 2.75) is 45.6 Å². The summed E-state index contributed by atoms with van der Waals surface area (Å²) >= 11 is 0. The van der Waals surface area contributed by atoms with Gasteiger partial charge in [-0.05, 0) is 94.9 Å². The highest BCUT2D eigenvalue weighted by molar-refractivity contribution is 6.09. The number of halogens is 1. The summed E-state index contributed by atoms with van der Waals surface area (Å²) in [4.78, 5) is 30.6. The Bertz CT molecular complexity index is 1160. The van der Waals surface area contributed by atoms with E-state index in [1.807, 2.05) is 39.0 Å². The SMILES string of the molecule is CC(C)(C)OC(=O)Nc1ccc2[nH]cc(C(=O)CN3CCC(Cc4ccc(F)cc4)CC3)c2c1. The monoisotopic (exact) mass is 465 g/mol. The van der Waals surface area contributed by atoms with E-state index in [4.69, 9.17) is 4.74 Å². The molecule has 0 bridgehead atoms. The number of Topliss-reactive ketones (excluding diaryl/α,β-unsaturated/α-hetero) is 1. The van der Waals surface area contributed by atoms with Crippen LogP contribution in [0.5, 0.6) is 0 Å². The number of ketones is 1. The summed E-state index contributed by atoms with van der Waals surface area (Å²) in [7, 11) is 0. The maximum absolute atomic E-state index is 13.1. The third-order valence-corrected chi connectivity index (χ3v) is 6.14. The van der Waals surface area contributed by atoms with Crippen molar-refractivity contribution in [1.82, 2.24) is 9.88 Å². The molecule has 0 saturated carbocycles. The Balaban J connectivity index is 1.34. The number of H-pyrrole nitrogens is 1. The molecule has 34 heavy (non-hydrogen) atoms. The molecule has 1 aliphatic heterocycles. The van der Waals surface area contributed by atoms with Crippen molar-refractivity contribution in [1.29, 1.82) is 0 Å². The number of piperidine rings is 1. The molecule has 0 unspecified atom stereocenters. The normalized spacial score (nSPS) is 15.4.